The molecule has 130 valence electrons. The van der Waals surface area contributed by atoms with Gasteiger partial charge in [0, 0.05) is 18.5 Å². The fraction of sp³-hybridized carbons (Fsp3) is 0.278. The molecule has 2 heterocycles. The maximum atomic E-state index is 12.7. The average molecular weight is 357 g/mol. The Hall–Kier alpha value is -2.22. The van der Waals surface area contributed by atoms with Crippen molar-refractivity contribution in [2.45, 2.75) is 18.3 Å². The Labute approximate surface area is 146 Å². The van der Waals surface area contributed by atoms with Crippen molar-refractivity contribution in [3.05, 3.63) is 65.4 Å². The molecule has 1 aliphatic rings. The summed E-state index contributed by atoms with van der Waals surface area (Å²) >= 11 is 0. The van der Waals surface area contributed by atoms with E-state index in [-0.39, 0.29) is 11.8 Å². The van der Waals surface area contributed by atoms with Gasteiger partial charge < -0.3 is 9.42 Å². The third-order valence-electron chi connectivity index (χ3n) is 4.47. The minimum absolute atomic E-state index is 0.202. The highest BCUT2D eigenvalue weighted by Crippen LogP contribution is 2.27. The van der Waals surface area contributed by atoms with Crippen LogP contribution in [-0.2, 0) is 22.3 Å². The minimum Gasteiger partial charge on any atom is -0.356 e. The molecule has 1 aromatic heterocycles. The highest BCUT2D eigenvalue weighted by atomic mass is 32.2. The number of likely N-dealkylation sites (N-methyl/N-ethyl adjacent to an activating group) is 1. The van der Waals surface area contributed by atoms with Crippen molar-refractivity contribution in [3.63, 3.8) is 0 Å². The second-order valence-electron chi connectivity index (χ2n) is 6.45. The van der Waals surface area contributed by atoms with E-state index < -0.39 is 10.0 Å². The van der Waals surface area contributed by atoms with E-state index in [0.29, 0.717) is 17.8 Å². The molecule has 0 aliphatic carbocycles. The van der Waals surface area contributed by atoms with Gasteiger partial charge in [-0.05, 0) is 30.3 Å². The lowest BCUT2D eigenvalue weighted by Crippen LogP contribution is -2.40. The van der Waals surface area contributed by atoms with Gasteiger partial charge in [-0.15, -0.1) is 0 Å². The lowest BCUT2D eigenvalue weighted by Gasteiger charge is -2.32. The van der Waals surface area contributed by atoms with Crippen LogP contribution >= 0.6 is 0 Å². The number of rotatable bonds is 4. The molecule has 0 saturated heterocycles. The SMILES string of the molecule is CN1Cc2ccccc2C(NS(=O)(=O)Cc2noc3ccccc23)C1. The highest BCUT2D eigenvalue weighted by Gasteiger charge is 2.28. The summed E-state index contributed by atoms with van der Waals surface area (Å²) < 4.78 is 33.5. The zero-order valence-corrected chi connectivity index (χ0v) is 14.7. The van der Waals surface area contributed by atoms with Gasteiger partial charge in [-0.1, -0.05) is 41.6 Å². The minimum atomic E-state index is -3.56. The van der Waals surface area contributed by atoms with Crippen molar-refractivity contribution >= 4 is 21.0 Å². The van der Waals surface area contributed by atoms with E-state index in [2.05, 4.69) is 14.8 Å². The van der Waals surface area contributed by atoms with Crippen LogP contribution in [0.2, 0.25) is 0 Å². The van der Waals surface area contributed by atoms with Crippen molar-refractivity contribution in [2.75, 3.05) is 13.6 Å². The summed E-state index contributed by atoms with van der Waals surface area (Å²) in [6.07, 6.45) is 0. The monoisotopic (exact) mass is 357 g/mol. The Morgan fingerprint density at radius 3 is 2.84 bits per heavy atom. The normalized spacial score (nSPS) is 18.4. The number of para-hydroxylation sites is 1. The molecular formula is C18H19N3O3S. The molecule has 0 radical (unpaired) electrons. The van der Waals surface area contributed by atoms with E-state index in [4.69, 9.17) is 4.52 Å². The molecule has 0 bridgehead atoms. The molecule has 6 nitrogen and oxygen atoms in total. The summed E-state index contributed by atoms with van der Waals surface area (Å²) in [4.78, 5) is 2.11. The van der Waals surface area contributed by atoms with E-state index in [1.54, 1.807) is 6.07 Å². The Morgan fingerprint density at radius 2 is 1.96 bits per heavy atom. The summed E-state index contributed by atoms with van der Waals surface area (Å²) in [5.41, 5.74) is 3.21. The van der Waals surface area contributed by atoms with Crippen LogP contribution in [0.15, 0.2) is 53.1 Å². The first kappa shape index (κ1) is 16.3. The van der Waals surface area contributed by atoms with Crippen LogP contribution in [0.4, 0.5) is 0 Å². The van der Waals surface area contributed by atoms with Crippen molar-refractivity contribution in [1.29, 1.82) is 0 Å². The molecule has 25 heavy (non-hydrogen) atoms. The van der Waals surface area contributed by atoms with Crippen LogP contribution in [0.1, 0.15) is 22.9 Å². The summed E-state index contributed by atoms with van der Waals surface area (Å²) in [6.45, 7) is 1.46. The van der Waals surface area contributed by atoms with Crippen LogP contribution in [0.5, 0.6) is 0 Å². The van der Waals surface area contributed by atoms with Gasteiger partial charge in [0.25, 0.3) is 0 Å². The number of nitrogens with one attached hydrogen (secondary N) is 1. The molecule has 2 aromatic carbocycles. The van der Waals surface area contributed by atoms with Gasteiger partial charge in [-0.2, -0.15) is 0 Å². The Kier molecular flexibility index (Phi) is 4.07. The smallest absolute Gasteiger partial charge is 0.218 e. The van der Waals surface area contributed by atoms with Crippen LogP contribution in [0.25, 0.3) is 11.0 Å². The standard InChI is InChI=1S/C18H19N3O3S/c1-21-10-13-6-2-3-7-14(13)16(11-21)20-25(22,23)12-17-15-8-4-5-9-18(15)24-19-17/h2-9,16,20H,10-12H2,1H3. The van der Waals surface area contributed by atoms with Crippen molar-refractivity contribution in [2.24, 2.45) is 0 Å². The molecular weight excluding hydrogens is 338 g/mol. The fourth-order valence-electron chi connectivity index (χ4n) is 3.36. The van der Waals surface area contributed by atoms with Crippen LogP contribution in [0.3, 0.4) is 0 Å². The predicted molar refractivity (Wildman–Crippen MR) is 95.3 cm³/mol. The van der Waals surface area contributed by atoms with Crippen LogP contribution < -0.4 is 4.72 Å². The second kappa shape index (κ2) is 6.25. The molecule has 1 aliphatic heterocycles. The van der Waals surface area contributed by atoms with Gasteiger partial charge >= 0.3 is 0 Å². The fourth-order valence-corrected chi connectivity index (χ4v) is 4.65. The largest absolute Gasteiger partial charge is 0.356 e. The average Bonchev–Trinajstić information content (AvgIpc) is 2.97. The molecule has 0 spiro atoms. The lowest BCUT2D eigenvalue weighted by molar-refractivity contribution is 0.274. The molecule has 1 unspecified atom stereocenters. The molecule has 7 heteroatoms. The van der Waals surface area contributed by atoms with Crippen molar-refractivity contribution in [1.82, 2.24) is 14.8 Å². The van der Waals surface area contributed by atoms with Gasteiger partial charge in [0.1, 0.15) is 11.4 Å². The summed E-state index contributed by atoms with van der Waals surface area (Å²) in [5, 5.41) is 4.66. The van der Waals surface area contributed by atoms with Crippen molar-refractivity contribution < 1.29 is 12.9 Å². The molecule has 3 aromatic rings. The zero-order chi connectivity index (χ0) is 17.4. The van der Waals surface area contributed by atoms with E-state index in [1.165, 1.54) is 0 Å². The predicted octanol–water partition coefficient (Wildman–Crippen LogP) is 2.43. The van der Waals surface area contributed by atoms with Gasteiger partial charge in [0.15, 0.2) is 5.58 Å². The quantitative estimate of drug-likeness (QED) is 0.776. The first-order chi connectivity index (χ1) is 12.0. The third-order valence-corrected chi connectivity index (χ3v) is 5.76. The molecule has 0 saturated carbocycles. The van der Waals surface area contributed by atoms with Crippen LogP contribution in [-0.4, -0.2) is 32.1 Å². The summed E-state index contributed by atoms with van der Waals surface area (Å²) in [7, 11) is -1.57. The first-order valence-electron chi connectivity index (χ1n) is 8.11. The number of nitrogens with zero attached hydrogens (tertiary/aromatic N) is 2. The number of hydrogen-bond acceptors (Lipinski definition) is 5. The molecule has 0 fully saturated rings. The highest BCUT2D eigenvalue weighted by molar-refractivity contribution is 7.88. The number of benzene rings is 2. The maximum Gasteiger partial charge on any atom is 0.218 e. The Bertz CT molecular complexity index is 1010. The lowest BCUT2D eigenvalue weighted by atomic mass is 9.96. The number of fused-ring (bicyclic) bond motifs is 2. The number of hydrogen-bond donors (Lipinski definition) is 1. The van der Waals surface area contributed by atoms with E-state index in [9.17, 15) is 8.42 Å². The number of aromatic nitrogens is 1. The maximum absolute atomic E-state index is 12.7. The zero-order valence-electron chi connectivity index (χ0n) is 13.8. The second-order valence-corrected chi connectivity index (χ2v) is 8.20. The first-order valence-corrected chi connectivity index (χ1v) is 9.77. The van der Waals surface area contributed by atoms with E-state index in [0.717, 1.165) is 23.1 Å². The topological polar surface area (TPSA) is 75.4 Å². The molecule has 1 N–H and O–H groups in total. The Balaban J connectivity index is 1.60. The Morgan fingerprint density at radius 1 is 1.20 bits per heavy atom. The summed E-state index contributed by atoms with van der Waals surface area (Å²) in [5.74, 6) is -0.202. The van der Waals surface area contributed by atoms with Crippen LogP contribution in [0, 0.1) is 0 Å². The van der Waals surface area contributed by atoms with Crippen molar-refractivity contribution in [3.8, 4) is 0 Å². The van der Waals surface area contributed by atoms with Gasteiger partial charge in [0.2, 0.25) is 10.0 Å². The van der Waals surface area contributed by atoms with E-state index >= 15 is 0 Å². The third kappa shape index (κ3) is 3.30. The van der Waals surface area contributed by atoms with Gasteiger partial charge in [-0.25, -0.2) is 13.1 Å². The van der Waals surface area contributed by atoms with Gasteiger partial charge in [0.05, 0.1) is 6.04 Å². The van der Waals surface area contributed by atoms with E-state index in [1.807, 2.05) is 49.5 Å². The molecule has 4 rings (SSSR count). The number of sulfonamides is 1. The molecule has 1 atom stereocenters. The van der Waals surface area contributed by atoms with Gasteiger partial charge in [-0.3, -0.25) is 0 Å². The summed E-state index contributed by atoms with van der Waals surface area (Å²) in [6, 6.07) is 14.9. The molecule has 0 amide bonds.